The van der Waals surface area contributed by atoms with Gasteiger partial charge in [-0.1, -0.05) is 26.0 Å². The maximum absolute atomic E-state index is 12.8. The van der Waals surface area contributed by atoms with Crippen LogP contribution in [0.25, 0.3) is 5.57 Å². The Morgan fingerprint density at radius 3 is 2.45 bits per heavy atom. The van der Waals surface area contributed by atoms with Gasteiger partial charge in [-0.05, 0) is 42.5 Å². The van der Waals surface area contributed by atoms with Gasteiger partial charge in [0, 0.05) is 18.7 Å². The van der Waals surface area contributed by atoms with Crippen molar-refractivity contribution in [1.82, 2.24) is 5.32 Å². The number of halogens is 1. The van der Waals surface area contributed by atoms with Gasteiger partial charge in [0.25, 0.3) is 0 Å². The number of allylic oxidation sites excluding steroid dienone is 1. The lowest BCUT2D eigenvalue weighted by molar-refractivity contribution is -0.117. The van der Waals surface area contributed by atoms with Gasteiger partial charge in [0.15, 0.2) is 0 Å². The molecule has 0 spiro atoms. The van der Waals surface area contributed by atoms with Crippen LogP contribution in [0.4, 0.5) is 4.39 Å². The van der Waals surface area contributed by atoms with Gasteiger partial charge in [-0.3, -0.25) is 4.79 Å². The van der Waals surface area contributed by atoms with E-state index in [1.54, 1.807) is 12.1 Å². The van der Waals surface area contributed by atoms with E-state index in [1.807, 2.05) is 20.8 Å². The van der Waals surface area contributed by atoms with Gasteiger partial charge < -0.3 is 10.4 Å². The Morgan fingerprint density at radius 1 is 1.35 bits per heavy atom. The summed E-state index contributed by atoms with van der Waals surface area (Å²) in [4.78, 5) is 11.9. The van der Waals surface area contributed by atoms with Crippen molar-refractivity contribution in [3.63, 3.8) is 0 Å². The molecule has 20 heavy (non-hydrogen) atoms. The molecule has 0 saturated heterocycles. The number of benzene rings is 1. The second-order valence-electron chi connectivity index (χ2n) is 5.21. The number of amides is 1. The van der Waals surface area contributed by atoms with Gasteiger partial charge in [0.1, 0.15) is 5.82 Å². The van der Waals surface area contributed by atoms with Crippen LogP contribution in [-0.2, 0) is 4.79 Å². The van der Waals surface area contributed by atoms with E-state index in [9.17, 15) is 9.18 Å². The summed E-state index contributed by atoms with van der Waals surface area (Å²) in [7, 11) is 0. The largest absolute Gasteiger partial charge is 0.396 e. The first-order valence-corrected chi connectivity index (χ1v) is 6.79. The number of aliphatic hydroxyl groups is 1. The lowest BCUT2D eigenvalue weighted by atomic mass is 10.0. The molecular weight excluding hydrogens is 257 g/mol. The normalized spacial score (nSPS) is 13.4. The Hall–Kier alpha value is -1.68. The van der Waals surface area contributed by atoms with Crippen LogP contribution in [0.5, 0.6) is 0 Å². The number of carbonyl (C=O) groups is 1. The number of nitrogens with one attached hydrogen (secondary N) is 1. The molecule has 1 aromatic rings. The van der Waals surface area contributed by atoms with Crippen LogP contribution in [0.2, 0.25) is 0 Å². The number of hydrogen-bond acceptors (Lipinski definition) is 2. The summed E-state index contributed by atoms with van der Waals surface area (Å²) >= 11 is 0. The van der Waals surface area contributed by atoms with Gasteiger partial charge in [-0.25, -0.2) is 4.39 Å². The predicted octanol–water partition coefficient (Wildman–Crippen LogP) is 2.75. The summed E-state index contributed by atoms with van der Waals surface area (Å²) in [6.07, 6.45) is 2.03. The minimum Gasteiger partial charge on any atom is -0.396 e. The molecule has 1 rings (SSSR count). The highest BCUT2D eigenvalue weighted by Crippen LogP contribution is 2.14. The van der Waals surface area contributed by atoms with Crippen LogP contribution in [-0.4, -0.2) is 23.7 Å². The highest BCUT2D eigenvalue weighted by atomic mass is 19.1. The zero-order valence-corrected chi connectivity index (χ0v) is 12.2. The molecule has 1 amide bonds. The molecule has 0 aliphatic carbocycles. The second kappa shape index (κ2) is 7.80. The maximum atomic E-state index is 12.8. The molecule has 110 valence electrons. The van der Waals surface area contributed by atoms with Crippen LogP contribution in [0.3, 0.4) is 0 Å². The van der Waals surface area contributed by atoms with Crippen molar-refractivity contribution < 1.29 is 14.3 Å². The first-order chi connectivity index (χ1) is 9.43. The summed E-state index contributed by atoms with van der Waals surface area (Å²) < 4.78 is 12.8. The fourth-order valence-corrected chi connectivity index (χ4v) is 1.93. The third kappa shape index (κ3) is 5.13. The molecule has 0 aliphatic rings. The van der Waals surface area contributed by atoms with Crippen LogP contribution in [0.1, 0.15) is 32.8 Å². The highest BCUT2D eigenvalue weighted by Gasteiger charge is 2.14. The third-order valence-electron chi connectivity index (χ3n) is 3.22. The summed E-state index contributed by atoms with van der Waals surface area (Å²) in [5.41, 5.74) is 1.58. The number of rotatable bonds is 6. The van der Waals surface area contributed by atoms with Gasteiger partial charge in [0.05, 0.1) is 0 Å². The third-order valence-corrected chi connectivity index (χ3v) is 3.22. The molecular formula is C16H22FNO2. The van der Waals surface area contributed by atoms with E-state index in [0.29, 0.717) is 6.42 Å². The predicted molar refractivity (Wildman–Crippen MR) is 78.5 cm³/mol. The Bertz CT molecular complexity index is 466. The molecule has 0 aromatic heterocycles. The lowest BCUT2D eigenvalue weighted by Gasteiger charge is -2.20. The fourth-order valence-electron chi connectivity index (χ4n) is 1.93. The smallest absolute Gasteiger partial charge is 0.244 e. The molecule has 2 N–H and O–H groups in total. The minimum atomic E-state index is -0.297. The second-order valence-corrected chi connectivity index (χ2v) is 5.21. The average Bonchev–Trinajstić information content (AvgIpc) is 2.38. The van der Waals surface area contributed by atoms with E-state index < -0.39 is 0 Å². The Morgan fingerprint density at radius 2 is 1.95 bits per heavy atom. The van der Waals surface area contributed by atoms with E-state index >= 15 is 0 Å². The Kier molecular flexibility index (Phi) is 6.39. The number of carbonyl (C=O) groups excluding carboxylic acids is 1. The van der Waals surface area contributed by atoms with Gasteiger partial charge in [-0.2, -0.15) is 0 Å². The van der Waals surface area contributed by atoms with E-state index in [1.165, 1.54) is 18.2 Å². The monoisotopic (exact) mass is 279 g/mol. The summed E-state index contributed by atoms with van der Waals surface area (Å²) in [5.74, 6) is -0.238. The number of aliphatic hydroxyl groups excluding tert-OH is 1. The van der Waals surface area contributed by atoms with Crippen LogP contribution in [0, 0.1) is 11.7 Å². The molecule has 0 radical (unpaired) electrons. The number of hydrogen-bond donors (Lipinski definition) is 2. The molecule has 4 heteroatoms. The standard InChI is InChI=1S/C16H22FNO2/c1-11(2)15(8-9-19)18-16(20)10-12(3)13-4-6-14(17)7-5-13/h4-7,10-11,15,19H,8-9H2,1-3H3,(H,18,20)/b12-10-. The van der Waals surface area contributed by atoms with Crippen molar-refractivity contribution in [3.05, 3.63) is 41.7 Å². The van der Waals surface area contributed by atoms with E-state index in [0.717, 1.165) is 11.1 Å². The van der Waals surface area contributed by atoms with Crippen molar-refractivity contribution in [2.24, 2.45) is 5.92 Å². The topological polar surface area (TPSA) is 49.3 Å². The molecule has 0 bridgehead atoms. The molecule has 0 heterocycles. The molecule has 3 nitrogen and oxygen atoms in total. The first kappa shape index (κ1) is 16.4. The minimum absolute atomic E-state index is 0.0454. The molecule has 0 saturated carbocycles. The Labute approximate surface area is 119 Å². The zero-order valence-electron chi connectivity index (χ0n) is 12.2. The maximum Gasteiger partial charge on any atom is 0.244 e. The quantitative estimate of drug-likeness (QED) is 0.787. The van der Waals surface area contributed by atoms with Crippen molar-refractivity contribution in [2.45, 2.75) is 33.2 Å². The molecule has 1 unspecified atom stereocenters. The van der Waals surface area contributed by atoms with E-state index in [4.69, 9.17) is 5.11 Å². The fraction of sp³-hybridized carbons (Fsp3) is 0.438. The SMILES string of the molecule is C/C(=C/C(=O)NC(CCO)C(C)C)c1ccc(F)cc1. The van der Waals surface area contributed by atoms with Crippen molar-refractivity contribution in [2.75, 3.05) is 6.61 Å². The van der Waals surface area contributed by atoms with Crippen LogP contribution >= 0.6 is 0 Å². The van der Waals surface area contributed by atoms with Crippen molar-refractivity contribution in [3.8, 4) is 0 Å². The van der Waals surface area contributed by atoms with E-state index in [-0.39, 0.29) is 30.3 Å². The van der Waals surface area contributed by atoms with E-state index in [2.05, 4.69) is 5.32 Å². The highest BCUT2D eigenvalue weighted by molar-refractivity contribution is 5.95. The van der Waals surface area contributed by atoms with Crippen molar-refractivity contribution in [1.29, 1.82) is 0 Å². The molecule has 0 fully saturated rings. The van der Waals surface area contributed by atoms with Gasteiger partial charge in [-0.15, -0.1) is 0 Å². The van der Waals surface area contributed by atoms with Gasteiger partial charge >= 0.3 is 0 Å². The zero-order chi connectivity index (χ0) is 15.1. The Balaban J connectivity index is 2.72. The molecule has 0 aliphatic heterocycles. The molecule has 1 aromatic carbocycles. The lowest BCUT2D eigenvalue weighted by Crippen LogP contribution is -2.38. The first-order valence-electron chi connectivity index (χ1n) is 6.79. The summed E-state index contributed by atoms with van der Waals surface area (Å²) in [6, 6.07) is 5.97. The van der Waals surface area contributed by atoms with Crippen molar-refractivity contribution >= 4 is 11.5 Å². The average molecular weight is 279 g/mol. The summed E-state index contributed by atoms with van der Waals surface area (Å²) in [6.45, 7) is 5.85. The van der Waals surface area contributed by atoms with Crippen LogP contribution < -0.4 is 5.32 Å². The van der Waals surface area contributed by atoms with Crippen LogP contribution in [0.15, 0.2) is 30.3 Å². The summed E-state index contributed by atoms with van der Waals surface area (Å²) in [5, 5.41) is 11.9. The van der Waals surface area contributed by atoms with Gasteiger partial charge in [0.2, 0.25) is 5.91 Å². The molecule has 1 atom stereocenters.